The fourth-order valence-electron chi connectivity index (χ4n) is 3.35. The molecule has 3 aliphatic rings. The summed E-state index contributed by atoms with van der Waals surface area (Å²) in [6.45, 7) is 3.54. The number of carbonyl (C=O) groups is 2. The van der Waals surface area contributed by atoms with Crippen LogP contribution in [0.2, 0.25) is 0 Å². The number of rotatable bonds is 2. The lowest BCUT2D eigenvalue weighted by Gasteiger charge is -2.34. The van der Waals surface area contributed by atoms with Crippen LogP contribution < -0.4 is 9.64 Å². The van der Waals surface area contributed by atoms with Crippen LogP contribution in [0.15, 0.2) is 24.3 Å². The Balaban J connectivity index is 1.57. The standard InChI is InChI=1S/C17H19NO7/c1-16(2)23-12-8-22-17(14(19)13(12)24-16)9-18(15(20)25-17)10-4-6-11(21-3)7-5-10/h4-7,12-13H,8-9H2,1-3H3/t12-,13?,17+/m1/s1. The molecule has 134 valence electrons. The molecule has 1 aromatic carbocycles. The zero-order chi connectivity index (χ0) is 17.8. The average Bonchev–Trinajstić information content (AvgIpc) is 3.09. The Morgan fingerprint density at radius 1 is 1.16 bits per heavy atom. The summed E-state index contributed by atoms with van der Waals surface area (Å²) in [6.07, 6.45) is -1.95. The first kappa shape index (κ1) is 16.3. The number of methoxy groups -OCH3 is 1. The molecule has 0 aromatic heterocycles. The van der Waals surface area contributed by atoms with Gasteiger partial charge in [-0.25, -0.2) is 4.79 Å². The molecule has 3 saturated heterocycles. The van der Waals surface area contributed by atoms with Crippen LogP contribution in [0.25, 0.3) is 0 Å². The number of benzene rings is 1. The van der Waals surface area contributed by atoms with Crippen LogP contribution in [-0.2, 0) is 23.7 Å². The smallest absolute Gasteiger partial charge is 0.417 e. The first-order chi connectivity index (χ1) is 11.8. The zero-order valence-corrected chi connectivity index (χ0v) is 14.2. The van der Waals surface area contributed by atoms with E-state index < -0.39 is 35.7 Å². The predicted octanol–water partition coefficient (Wildman–Crippen LogP) is 1.47. The third-order valence-electron chi connectivity index (χ3n) is 4.52. The molecule has 0 saturated carbocycles. The quantitative estimate of drug-likeness (QED) is 0.799. The van der Waals surface area contributed by atoms with E-state index in [9.17, 15) is 9.59 Å². The molecule has 0 aliphatic carbocycles. The summed E-state index contributed by atoms with van der Waals surface area (Å²) < 4.78 is 27.4. The number of hydrogen-bond donors (Lipinski definition) is 0. The summed E-state index contributed by atoms with van der Waals surface area (Å²) in [5, 5.41) is 0. The molecule has 4 rings (SSSR count). The lowest BCUT2D eigenvalue weighted by molar-refractivity contribution is -0.218. The summed E-state index contributed by atoms with van der Waals surface area (Å²) in [5.74, 6) is -2.31. The Hall–Kier alpha value is -2.16. The Morgan fingerprint density at radius 2 is 1.88 bits per heavy atom. The number of Topliss-reactive ketones (excluding diaryl/α,β-unsaturated/α-hetero) is 1. The number of anilines is 1. The molecule has 3 aliphatic heterocycles. The molecular weight excluding hydrogens is 330 g/mol. The van der Waals surface area contributed by atoms with Gasteiger partial charge >= 0.3 is 6.09 Å². The molecule has 3 atom stereocenters. The summed E-state index contributed by atoms with van der Waals surface area (Å²) in [6, 6.07) is 6.88. The number of ether oxygens (including phenoxy) is 5. The van der Waals surface area contributed by atoms with Crippen molar-refractivity contribution in [1.29, 1.82) is 0 Å². The Kier molecular flexibility index (Phi) is 3.54. The van der Waals surface area contributed by atoms with Crippen LogP contribution >= 0.6 is 0 Å². The summed E-state index contributed by atoms with van der Waals surface area (Å²) in [7, 11) is 1.56. The van der Waals surface area contributed by atoms with E-state index in [2.05, 4.69) is 0 Å². The van der Waals surface area contributed by atoms with E-state index in [4.69, 9.17) is 23.7 Å². The third-order valence-corrected chi connectivity index (χ3v) is 4.52. The van der Waals surface area contributed by atoms with Gasteiger partial charge in [-0.2, -0.15) is 0 Å². The number of ketones is 1. The fourth-order valence-corrected chi connectivity index (χ4v) is 3.35. The highest BCUT2D eigenvalue weighted by atomic mass is 16.8. The maximum Gasteiger partial charge on any atom is 0.417 e. The highest BCUT2D eigenvalue weighted by Crippen LogP contribution is 2.40. The molecule has 0 radical (unpaired) electrons. The first-order valence-corrected chi connectivity index (χ1v) is 8.02. The molecule has 8 nitrogen and oxygen atoms in total. The van der Waals surface area contributed by atoms with Crippen molar-refractivity contribution in [3.8, 4) is 5.75 Å². The van der Waals surface area contributed by atoms with E-state index in [1.54, 1.807) is 45.2 Å². The second-order valence-corrected chi connectivity index (χ2v) is 6.67. The summed E-state index contributed by atoms with van der Waals surface area (Å²) >= 11 is 0. The summed E-state index contributed by atoms with van der Waals surface area (Å²) in [5.41, 5.74) is 0.588. The SMILES string of the molecule is COc1ccc(N2C[C@]3(OC[C@H]4OC(C)(C)OC4C3=O)OC2=O)cc1. The average molecular weight is 349 g/mol. The Morgan fingerprint density at radius 3 is 2.56 bits per heavy atom. The van der Waals surface area contributed by atoms with Gasteiger partial charge in [0.2, 0.25) is 5.78 Å². The first-order valence-electron chi connectivity index (χ1n) is 8.02. The van der Waals surface area contributed by atoms with Crippen LogP contribution in [0.1, 0.15) is 13.8 Å². The number of nitrogens with zero attached hydrogens (tertiary/aromatic N) is 1. The normalized spacial score (nSPS) is 33.5. The van der Waals surface area contributed by atoms with Crippen molar-refractivity contribution in [2.45, 2.75) is 37.6 Å². The molecule has 1 unspecified atom stereocenters. The van der Waals surface area contributed by atoms with Crippen LogP contribution in [0.4, 0.5) is 10.5 Å². The topological polar surface area (TPSA) is 83.5 Å². The van der Waals surface area contributed by atoms with Gasteiger partial charge in [-0.05, 0) is 38.1 Å². The van der Waals surface area contributed by atoms with Crippen molar-refractivity contribution in [3.63, 3.8) is 0 Å². The minimum Gasteiger partial charge on any atom is -0.497 e. The minimum absolute atomic E-state index is 0.0377. The van der Waals surface area contributed by atoms with E-state index in [0.717, 1.165) is 0 Å². The predicted molar refractivity (Wildman–Crippen MR) is 84.3 cm³/mol. The van der Waals surface area contributed by atoms with Gasteiger partial charge < -0.3 is 23.7 Å². The molecule has 25 heavy (non-hydrogen) atoms. The zero-order valence-electron chi connectivity index (χ0n) is 14.2. The molecule has 1 spiro atoms. The van der Waals surface area contributed by atoms with Gasteiger partial charge in [0.1, 0.15) is 18.4 Å². The second-order valence-electron chi connectivity index (χ2n) is 6.67. The van der Waals surface area contributed by atoms with Gasteiger partial charge in [-0.3, -0.25) is 9.69 Å². The molecule has 0 bridgehead atoms. The number of carbonyl (C=O) groups excluding carboxylic acids is 2. The lowest BCUT2D eigenvalue weighted by atomic mass is 9.99. The Labute approximate surface area is 144 Å². The van der Waals surface area contributed by atoms with Crippen molar-refractivity contribution in [2.75, 3.05) is 25.2 Å². The fraction of sp³-hybridized carbons (Fsp3) is 0.529. The third kappa shape index (κ3) is 2.57. The van der Waals surface area contributed by atoms with Crippen molar-refractivity contribution in [2.24, 2.45) is 0 Å². The number of hydrogen-bond acceptors (Lipinski definition) is 7. The Bertz CT molecular complexity index is 716. The van der Waals surface area contributed by atoms with Crippen molar-refractivity contribution in [3.05, 3.63) is 24.3 Å². The van der Waals surface area contributed by atoms with E-state index in [-0.39, 0.29) is 13.2 Å². The van der Waals surface area contributed by atoms with Gasteiger partial charge in [0.05, 0.1) is 13.7 Å². The molecule has 1 amide bonds. The monoisotopic (exact) mass is 349 g/mol. The maximum atomic E-state index is 12.9. The molecular formula is C17H19NO7. The maximum absolute atomic E-state index is 12.9. The van der Waals surface area contributed by atoms with E-state index >= 15 is 0 Å². The van der Waals surface area contributed by atoms with E-state index in [0.29, 0.717) is 11.4 Å². The molecule has 8 heteroatoms. The van der Waals surface area contributed by atoms with Crippen LogP contribution in [0.3, 0.4) is 0 Å². The van der Waals surface area contributed by atoms with Crippen LogP contribution in [0, 0.1) is 0 Å². The number of amides is 1. The van der Waals surface area contributed by atoms with Gasteiger partial charge in [0.25, 0.3) is 5.79 Å². The highest BCUT2D eigenvalue weighted by molar-refractivity contribution is 6.00. The van der Waals surface area contributed by atoms with Crippen molar-refractivity contribution >= 4 is 17.6 Å². The molecule has 0 N–H and O–H groups in total. The summed E-state index contributed by atoms with van der Waals surface area (Å²) in [4.78, 5) is 26.6. The highest BCUT2D eigenvalue weighted by Gasteiger charge is 2.63. The van der Waals surface area contributed by atoms with Gasteiger partial charge in [0, 0.05) is 5.69 Å². The molecule has 3 heterocycles. The number of fused-ring (bicyclic) bond motifs is 1. The largest absolute Gasteiger partial charge is 0.497 e. The van der Waals surface area contributed by atoms with Gasteiger partial charge in [0.15, 0.2) is 11.9 Å². The van der Waals surface area contributed by atoms with E-state index in [1.165, 1.54) is 4.90 Å². The van der Waals surface area contributed by atoms with Gasteiger partial charge in [-0.1, -0.05) is 0 Å². The molecule has 3 fully saturated rings. The van der Waals surface area contributed by atoms with Crippen LogP contribution in [-0.4, -0.2) is 55.9 Å². The lowest BCUT2D eigenvalue weighted by Crippen LogP contribution is -2.59. The second kappa shape index (κ2) is 5.42. The van der Waals surface area contributed by atoms with E-state index in [1.807, 2.05) is 0 Å². The van der Waals surface area contributed by atoms with Gasteiger partial charge in [-0.15, -0.1) is 0 Å². The van der Waals surface area contributed by atoms with Crippen molar-refractivity contribution < 1.29 is 33.3 Å². The van der Waals surface area contributed by atoms with Crippen LogP contribution in [0.5, 0.6) is 5.75 Å². The van der Waals surface area contributed by atoms with Crippen molar-refractivity contribution in [1.82, 2.24) is 0 Å². The molecule has 1 aromatic rings. The minimum atomic E-state index is -1.66.